The first kappa shape index (κ1) is 15.9. The number of benzene rings is 2. The fourth-order valence-corrected chi connectivity index (χ4v) is 2.63. The number of Topliss-reactive ketones (excluding diaryl/α,β-unsaturated/α-hetero) is 1. The number of hydrogen-bond acceptors (Lipinski definition) is 4. The van der Waals surface area contributed by atoms with Gasteiger partial charge in [0.15, 0.2) is 5.78 Å². The Morgan fingerprint density at radius 1 is 1.12 bits per heavy atom. The number of nitrogens with zero attached hydrogens (tertiary/aromatic N) is 2. The molecule has 0 saturated heterocycles. The molecule has 2 aromatic carbocycles. The average Bonchev–Trinajstić information content (AvgIpc) is 2.88. The second-order valence-corrected chi connectivity index (χ2v) is 5.79. The summed E-state index contributed by atoms with van der Waals surface area (Å²) >= 11 is 0. The van der Waals surface area contributed by atoms with Crippen molar-refractivity contribution in [2.75, 3.05) is 16.9 Å². The summed E-state index contributed by atoms with van der Waals surface area (Å²) in [6.45, 7) is 3.88. The largest absolute Gasteiger partial charge is 0.384 e. The van der Waals surface area contributed by atoms with Crippen molar-refractivity contribution in [2.24, 2.45) is 11.0 Å². The maximum absolute atomic E-state index is 12.6. The van der Waals surface area contributed by atoms with Crippen LogP contribution in [0.25, 0.3) is 0 Å². The Morgan fingerprint density at radius 2 is 1.79 bits per heavy atom. The van der Waals surface area contributed by atoms with Gasteiger partial charge in [0.05, 0.1) is 17.3 Å². The van der Waals surface area contributed by atoms with Gasteiger partial charge in [-0.3, -0.25) is 9.59 Å². The number of nitrogens with one attached hydrogen (secondary N) is 1. The summed E-state index contributed by atoms with van der Waals surface area (Å²) in [6.07, 6.45) is 0. The normalized spacial score (nSPS) is 16.9. The molecule has 2 aromatic rings. The van der Waals surface area contributed by atoms with Crippen LogP contribution in [0.2, 0.25) is 0 Å². The Morgan fingerprint density at radius 3 is 2.42 bits per heavy atom. The maximum Gasteiger partial charge on any atom is 0.258 e. The summed E-state index contributed by atoms with van der Waals surface area (Å²) < 4.78 is 0. The van der Waals surface area contributed by atoms with Crippen LogP contribution in [0.5, 0.6) is 0 Å². The summed E-state index contributed by atoms with van der Waals surface area (Å²) in [4.78, 5) is 23.9. The van der Waals surface area contributed by atoms with E-state index in [4.69, 9.17) is 0 Å². The molecule has 0 aliphatic carbocycles. The molecule has 0 radical (unpaired) electrons. The Bertz CT molecular complexity index is 782. The van der Waals surface area contributed by atoms with E-state index in [9.17, 15) is 9.59 Å². The average molecular weight is 321 g/mol. The molecule has 0 aromatic heterocycles. The Labute approximate surface area is 141 Å². The van der Waals surface area contributed by atoms with Crippen molar-refractivity contribution < 1.29 is 9.59 Å². The molecule has 1 aliphatic rings. The zero-order valence-electron chi connectivity index (χ0n) is 13.7. The van der Waals surface area contributed by atoms with Gasteiger partial charge in [-0.1, -0.05) is 18.2 Å². The van der Waals surface area contributed by atoms with Crippen LogP contribution in [0.3, 0.4) is 0 Å². The van der Waals surface area contributed by atoms with Gasteiger partial charge >= 0.3 is 0 Å². The van der Waals surface area contributed by atoms with Crippen molar-refractivity contribution in [3.63, 3.8) is 0 Å². The van der Waals surface area contributed by atoms with Gasteiger partial charge in [0.2, 0.25) is 0 Å². The monoisotopic (exact) mass is 321 g/mol. The molecule has 1 N–H and O–H groups in total. The molecule has 3 rings (SSSR count). The molecule has 1 amide bonds. The van der Waals surface area contributed by atoms with E-state index in [0.717, 1.165) is 17.1 Å². The molecule has 0 spiro atoms. The van der Waals surface area contributed by atoms with Gasteiger partial charge in [-0.2, -0.15) is 5.10 Å². The molecule has 1 atom stereocenters. The number of ketones is 1. The molecule has 1 unspecified atom stereocenters. The van der Waals surface area contributed by atoms with Crippen molar-refractivity contribution in [2.45, 2.75) is 13.8 Å². The lowest BCUT2D eigenvalue weighted by Crippen LogP contribution is -2.31. The van der Waals surface area contributed by atoms with Crippen molar-refractivity contribution in [3.05, 3.63) is 60.2 Å². The topological polar surface area (TPSA) is 61.8 Å². The van der Waals surface area contributed by atoms with Crippen LogP contribution in [0.1, 0.15) is 24.2 Å². The van der Waals surface area contributed by atoms with Crippen LogP contribution in [0.4, 0.5) is 11.4 Å². The Hall–Kier alpha value is -2.95. The standard InChI is InChI=1S/C19H19N3O2/c1-13-18(12-20-16-10-8-15(9-11-16)14(2)23)19(24)22(21-13)17-6-4-3-5-7-17/h3-11,18,20H,12H2,1-2H3. The van der Waals surface area contributed by atoms with E-state index in [2.05, 4.69) is 10.4 Å². The molecule has 0 fully saturated rings. The number of rotatable bonds is 5. The smallest absolute Gasteiger partial charge is 0.258 e. The number of anilines is 2. The third-order valence-electron chi connectivity index (χ3n) is 4.07. The molecule has 122 valence electrons. The molecule has 0 saturated carbocycles. The predicted molar refractivity (Wildman–Crippen MR) is 95.5 cm³/mol. The van der Waals surface area contributed by atoms with Gasteiger partial charge in [-0.05, 0) is 50.2 Å². The first-order valence-corrected chi connectivity index (χ1v) is 7.85. The highest BCUT2D eigenvalue weighted by atomic mass is 16.2. The molecular formula is C19H19N3O2. The Kier molecular flexibility index (Phi) is 4.42. The number of hydrazone groups is 1. The van der Waals surface area contributed by atoms with Crippen LogP contribution >= 0.6 is 0 Å². The number of amides is 1. The molecule has 24 heavy (non-hydrogen) atoms. The van der Waals surface area contributed by atoms with Crippen LogP contribution < -0.4 is 10.3 Å². The zero-order chi connectivity index (χ0) is 17.1. The van der Waals surface area contributed by atoms with E-state index in [-0.39, 0.29) is 17.6 Å². The molecular weight excluding hydrogens is 302 g/mol. The second kappa shape index (κ2) is 6.66. The predicted octanol–water partition coefficient (Wildman–Crippen LogP) is 3.34. The molecule has 1 heterocycles. The SMILES string of the molecule is CC(=O)c1ccc(NCC2C(=O)N(c3ccccc3)N=C2C)cc1. The first-order chi connectivity index (χ1) is 11.6. The number of hydrogen-bond donors (Lipinski definition) is 1. The minimum Gasteiger partial charge on any atom is -0.384 e. The van der Waals surface area contributed by atoms with Gasteiger partial charge in [-0.25, -0.2) is 5.01 Å². The summed E-state index contributed by atoms with van der Waals surface area (Å²) in [5.74, 6) is -0.293. The first-order valence-electron chi connectivity index (χ1n) is 7.85. The molecule has 5 heteroatoms. The highest BCUT2D eigenvalue weighted by Crippen LogP contribution is 2.24. The maximum atomic E-state index is 12.6. The van der Waals surface area contributed by atoms with Gasteiger partial charge in [0.1, 0.15) is 0 Å². The third-order valence-corrected chi connectivity index (χ3v) is 4.07. The van der Waals surface area contributed by atoms with Crippen molar-refractivity contribution in [3.8, 4) is 0 Å². The minimum atomic E-state index is -0.294. The lowest BCUT2D eigenvalue weighted by atomic mass is 10.0. The lowest BCUT2D eigenvalue weighted by Gasteiger charge is -2.15. The van der Waals surface area contributed by atoms with E-state index in [1.165, 1.54) is 11.9 Å². The number of carbonyl (C=O) groups is 2. The minimum absolute atomic E-state index is 0.0356. The van der Waals surface area contributed by atoms with E-state index in [0.29, 0.717) is 12.1 Å². The van der Waals surface area contributed by atoms with E-state index in [1.807, 2.05) is 49.4 Å². The van der Waals surface area contributed by atoms with Crippen molar-refractivity contribution >= 4 is 28.8 Å². The zero-order valence-corrected chi connectivity index (χ0v) is 13.7. The molecule has 1 aliphatic heterocycles. The quantitative estimate of drug-likeness (QED) is 0.859. The summed E-state index contributed by atoms with van der Waals surface area (Å²) in [5.41, 5.74) is 3.11. The highest BCUT2D eigenvalue weighted by molar-refractivity contribution is 6.15. The van der Waals surface area contributed by atoms with Crippen molar-refractivity contribution in [1.82, 2.24) is 0 Å². The Balaban J connectivity index is 1.67. The molecule has 0 bridgehead atoms. The van der Waals surface area contributed by atoms with Gasteiger partial charge in [0.25, 0.3) is 5.91 Å². The second-order valence-electron chi connectivity index (χ2n) is 5.79. The third kappa shape index (κ3) is 3.20. The van der Waals surface area contributed by atoms with Crippen LogP contribution in [0, 0.1) is 5.92 Å². The summed E-state index contributed by atoms with van der Waals surface area (Å²) in [5, 5.41) is 9.09. The van der Waals surface area contributed by atoms with Gasteiger partial charge in [0, 0.05) is 17.8 Å². The fraction of sp³-hybridized carbons (Fsp3) is 0.211. The number of carbonyl (C=O) groups excluding carboxylic acids is 2. The highest BCUT2D eigenvalue weighted by Gasteiger charge is 2.34. The summed E-state index contributed by atoms with van der Waals surface area (Å²) in [6, 6.07) is 16.7. The summed E-state index contributed by atoms with van der Waals surface area (Å²) in [7, 11) is 0. The van der Waals surface area contributed by atoms with Gasteiger partial charge in [-0.15, -0.1) is 0 Å². The lowest BCUT2D eigenvalue weighted by molar-refractivity contribution is -0.119. The van der Waals surface area contributed by atoms with E-state index >= 15 is 0 Å². The fourth-order valence-electron chi connectivity index (χ4n) is 2.63. The van der Waals surface area contributed by atoms with E-state index in [1.54, 1.807) is 12.1 Å². The molecule has 5 nitrogen and oxygen atoms in total. The van der Waals surface area contributed by atoms with Crippen LogP contribution in [0.15, 0.2) is 59.7 Å². The number of para-hydroxylation sites is 1. The van der Waals surface area contributed by atoms with Crippen LogP contribution in [-0.2, 0) is 4.79 Å². The van der Waals surface area contributed by atoms with Crippen molar-refractivity contribution in [1.29, 1.82) is 0 Å². The van der Waals surface area contributed by atoms with E-state index < -0.39 is 0 Å². The van der Waals surface area contributed by atoms with Crippen LogP contribution in [-0.4, -0.2) is 23.9 Å². The van der Waals surface area contributed by atoms with Gasteiger partial charge < -0.3 is 5.32 Å².